The summed E-state index contributed by atoms with van der Waals surface area (Å²) in [5, 5.41) is 5.28. The molecule has 0 spiro atoms. The molecule has 1 fully saturated rings. The van der Waals surface area contributed by atoms with E-state index in [1.807, 2.05) is 0 Å². The third-order valence-corrected chi connectivity index (χ3v) is 3.42. The van der Waals surface area contributed by atoms with Gasteiger partial charge in [0.15, 0.2) is 0 Å². The molecule has 0 aromatic heterocycles. The van der Waals surface area contributed by atoms with E-state index < -0.39 is 11.8 Å². The van der Waals surface area contributed by atoms with Crippen LogP contribution in [0.25, 0.3) is 0 Å². The van der Waals surface area contributed by atoms with Gasteiger partial charge < -0.3 is 15.4 Å². The summed E-state index contributed by atoms with van der Waals surface area (Å²) in [6.07, 6.45) is 2.96. The zero-order valence-corrected chi connectivity index (χ0v) is 11.9. The zero-order valence-electron chi connectivity index (χ0n) is 11.9. The molecule has 0 aromatic carbocycles. The molecule has 0 saturated carbocycles. The van der Waals surface area contributed by atoms with Crippen LogP contribution in [0, 0.1) is 0 Å². The quantitative estimate of drug-likeness (QED) is 0.494. The van der Waals surface area contributed by atoms with E-state index in [-0.39, 0.29) is 0 Å². The van der Waals surface area contributed by atoms with Gasteiger partial charge in [0.25, 0.3) is 0 Å². The molecule has 19 heavy (non-hydrogen) atoms. The first-order valence-electron chi connectivity index (χ1n) is 6.98. The number of likely N-dealkylation sites (N-methyl/N-ethyl adjacent to an activating group) is 1. The lowest BCUT2D eigenvalue weighted by atomic mass is 10.2. The Labute approximate surface area is 114 Å². The van der Waals surface area contributed by atoms with Crippen LogP contribution in [0.4, 0.5) is 0 Å². The number of carbonyl (C=O) groups excluding carboxylic acids is 2. The minimum atomic E-state index is -0.558. The minimum Gasteiger partial charge on any atom is -0.385 e. The van der Waals surface area contributed by atoms with Crippen molar-refractivity contribution in [3.8, 4) is 0 Å². The third-order valence-electron chi connectivity index (χ3n) is 3.42. The maximum absolute atomic E-state index is 11.6. The lowest BCUT2D eigenvalue weighted by Gasteiger charge is -2.22. The maximum atomic E-state index is 11.6. The van der Waals surface area contributed by atoms with Crippen LogP contribution in [0.5, 0.6) is 0 Å². The summed E-state index contributed by atoms with van der Waals surface area (Å²) in [5.41, 5.74) is 0. The molecule has 2 N–H and O–H groups in total. The fourth-order valence-electron chi connectivity index (χ4n) is 2.33. The highest BCUT2D eigenvalue weighted by Gasteiger charge is 2.24. The van der Waals surface area contributed by atoms with E-state index in [4.69, 9.17) is 4.74 Å². The van der Waals surface area contributed by atoms with Crippen molar-refractivity contribution in [3.05, 3.63) is 0 Å². The van der Waals surface area contributed by atoms with Gasteiger partial charge in [0.05, 0.1) is 0 Å². The molecule has 0 aliphatic carbocycles. The highest BCUT2D eigenvalue weighted by molar-refractivity contribution is 6.35. The molecular formula is C13H25N3O3. The van der Waals surface area contributed by atoms with Crippen LogP contribution in [-0.4, -0.2) is 62.7 Å². The number of hydrogen-bond acceptors (Lipinski definition) is 4. The summed E-state index contributed by atoms with van der Waals surface area (Å²) in [5.74, 6) is -1.10. The number of methoxy groups -OCH3 is 1. The predicted molar refractivity (Wildman–Crippen MR) is 72.8 cm³/mol. The molecule has 1 heterocycles. The van der Waals surface area contributed by atoms with Crippen molar-refractivity contribution in [2.24, 2.45) is 0 Å². The van der Waals surface area contributed by atoms with Crippen LogP contribution in [0.1, 0.15) is 26.2 Å². The Kier molecular flexibility index (Phi) is 7.43. The summed E-state index contributed by atoms with van der Waals surface area (Å²) in [6.45, 7) is 5.78. The molecule has 1 aliphatic heterocycles. The van der Waals surface area contributed by atoms with Crippen LogP contribution in [-0.2, 0) is 14.3 Å². The Morgan fingerprint density at radius 1 is 1.32 bits per heavy atom. The molecule has 6 nitrogen and oxygen atoms in total. The van der Waals surface area contributed by atoms with Crippen molar-refractivity contribution >= 4 is 11.8 Å². The topological polar surface area (TPSA) is 70.7 Å². The fraction of sp³-hybridized carbons (Fsp3) is 0.846. The number of likely N-dealkylation sites (tertiary alicyclic amines) is 1. The van der Waals surface area contributed by atoms with Gasteiger partial charge in [-0.3, -0.25) is 14.5 Å². The van der Waals surface area contributed by atoms with Gasteiger partial charge in [-0.15, -0.1) is 0 Å². The van der Waals surface area contributed by atoms with Crippen molar-refractivity contribution in [1.82, 2.24) is 15.5 Å². The summed E-state index contributed by atoms with van der Waals surface area (Å²) < 4.78 is 4.87. The second-order valence-electron chi connectivity index (χ2n) is 4.74. The van der Waals surface area contributed by atoms with Crippen LogP contribution < -0.4 is 10.6 Å². The molecule has 2 amide bonds. The highest BCUT2D eigenvalue weighted by Crippen LogP contribution is 2.15. The van der Waals surface area contributed by atoms with E-state index in [0.29, 0.717) is 32.2 Å². The van der Waals surface area contributed by atoms with Crippen LogP contribution in [0.2, 0.25) is 0 Å². The maximum Gasteiger partial charge on any atom is 0.309 e. The number of amides is 2. The first-order chi connectivity index (χ1) is 9.19. The lowest BCUT2D eigenvalue weighted by Crippen LogP contribution is -2.45. The number of ether oxygens (including phenoxy) is 1. The number of rotatable bonds is 7. The van der Waals surface area contributed by atoms with Crippen molar-refractivity contribution < 1.29 is 14.3 Å². The van der Waals surface area contributed by atoms with E-state index in [1.54, 1.807) is 7.11 Å². The molecule has 1 saturated heterocycles. The van der Waals surface area contributed by atoms with Gasteiger partial charge >= 0.3 is 11.8 Å². The second kappa shape index (κ2) is 8.87. The molecule has 0 bridgehead atoms. The molecule has 0 radical (unpaired) electrons. The number of carbonyl (C=O) groups is 2. The van der Waals surface area contributed by atoms with Crippen molar-refractivity contribution in [2.75, 3.05) is 39.9 Å². The van der Waals surface area contributed by atoms with Crippen LogP contribution in [0.15, 0.2) is 0 Å². The number of hydrogen-bond donors (Lipinski definition) is 2. The Hall–Kier alpha value is -1.14. The molecule has 1 rings (SSSR count). The molecule has 1 aliphatic rings. The smallest absolute Gasteiger partial charge is 0.309 e. The Balaban J connectivity index is 2.17. The largest absolute Gasteiger partial charge is 0.385 e. The van der Waals surface area contributed by atoms with Gasteiger partial charge in [-0.25, -0.2) is 0 Å². The van der Waals surface area contributed by atoms with E-state index in [1.165, 1.54) is 0 Å². The van der Waals surface area contributed by atoms with E-state index >= 15 is 0 Å². The van der Waals surface area contributed by atoms with E-state index in [9.17, 15) is 9.59 Å². The van der Waals surface area contributed by atoms with E-state index in [2.05, 4.69) is 22.5 Å². The zero-order chi connectivity index (χ0) is 14.1. The van der Waals surface area contributed by atoms with Gasteiger partial charge in [-0.05, 0) is 32.4 Å². The average molecular weight is 271 g/mol. The number of nitrogens with zero attached hydrogens (tertiary/aromatic N) is 1. The van der Waals surface area contributed by atoms with Crippen LogP contribution in [0.3, 0.4) is 0 Å². The van der Waals surface area contributed by atoms with Crippen molar-refractivity contribution in [3.63, 3.8) is 0 Å². The SMILES string of the molecule is CCN1CCC[C@@H]1CNC(=O)C(=O)NCCCOC. The van der Waals surface area contributed by atoms with Crippen molar-refractivity contribution in [2.45, 2.75) is 32.2 Å². The Bertz CT molecular complexity index is 297. The summed E-state index contributed by atoms with van der Waals surface area (Å²) in [7, 11) is 1.61. The van der Waals surface area contributed by atoms with E-state index in [0.717, 1.165) is 25.9 Å². The predicted octanol–water partition coefficient (Wildman–Crippen LogP) is -0.260. The summed E-state index contributed by atoms with van der Waals surface area (Å²) in [6, 6.07) is 0.371. The Morgan fingerprint density at radius 3 is 2.74 bits per heavy atom. The highest BCUT2D eigenvalue weighted by atomic mass is 16.5. The minimum absolute atomic E-state index is 0.371. The third kappa shape index (κ3) is 5.57. The first kappa shape index (κ1) is 15.9. The van der Waals surface area contributed by atoms with Crippen LogP contribution >= 0.6 is 0 Å². The average Bonchev–Trinajstić information content (AvgIpc) is 2.88. The lowest BCUT2D eigenvalue weighted by molar-refractivity contribution is -0.139. The molecular weight excluding hydrogens is 246 g/mol. The molecule has 0 aromatic rings. The normalized spacial score (nSPS) is 19.4. The monoisotopic (exact) mass is 271 g/mol. The van der Waals surface area contributed by atoms with Gasteiger partial charge in [0, 0.05) is 32.8 Å². The first-order valence-corrected chi connectivity index (χ1v) is 6.98. The van der Waals surface area contributed by atoms with Gasteiger partial charge in [-0.1, -0.05) is 6.92 Å². The van der Waals surface area contributed by atoms with Gasteiger partial charge in [0.2, 0.25) is 0 Å². The number of nitrogens with one attached hydrogen (secondary N) is 2. The summed E-state index contributed by atoms with van der Waals surface area (Å²) >= 11 is 0. The molecule has 1 atom stereocenters. The molecule has 110 valence electrons. The van der Waals surface area contributed by atoms with Gasteiger partial charge in [0.1, 0.15) is 0 Å². The van der Waals surface area contributed by atoms with Crippen molar-refractivity contribution in [1.29, 1.82) is 0 Å². The molecule has 0 unspecified atom stereocenters. The summed E-state index contributed by atoms with van der Waals surface area (Å²) in [4.78, 5) is 25.4. The standard InChI is InChI=1S/C13H25N3O3/c1-3-16-8-4-6-11(16)10-15-13(18)12(17)14-7-5-9-19-2/h11H,3-10H2,1-2H3,(H,14,17)(H,15,18)/t11-/m1/s1. The second-order valence-corrected chi connectivity index (χ2v) is 4.74. The Morgan fingerprint density at radius 2 is 2.05 bits per heavy atom. The fourth-order valence-corrected chi connectivity index (χ4v) is 2.33. The molecule has 6 heteroatoms. The van der Waals surface area contributed by atoms with Gasteiger partial charge in [-0.2, -0.15) is 0 Å².